The van der Waals surface area contributed by atoms with Crippen LogP contribution in [0.1, 0.15) is 15.9 Å². The topological polar surface area (TPSA) is 51.1 Å². The van der Waals surface area contributed by atoms with Crippen LogP contribution in [-0.4, -0.2) is 17.5 Å². The Labute approximate surface area is 115 Å². The van der Waals surface area contributed by atoms with Crippen molar-refractivity contribution in [2.24, 2.45) is 0 Å². The summed E-state index contributed by atoms with van der Waals surface area (Å²) < 4.78 is 1.43. The van der Waals surface area contributed by atoms with Crippen molar-refractivity contribution in [2.75, 3.05) is 7.05 Å². The minimum absolute atomic E-state index is 0.0389. The van der Waals surface area contributed by atoms with Crippen LogP contribution in [0.3, 0.4) is 0 Å². The maximum atomic E-state index is 11.9. The first-order valence-electron chi connectivity index (χ1n) is 5.78. The molecule has 5 heteroatoms. The first-order chi connectivity index (χ1) is 9.11. The Hall–Kier alpha value is -2.07. The number of nitrogens with zero attached hydrogens (tertiary/aromatic N) is 1. The molecule has 0 radical (unpaired) electrons. The van der Waals surface area contributed by atoms with Crippen LogP contribution in [0.5, 0.6) is 0 Å². The largest absolute Gasteiger partial charge is 0.355 e. The van der Waals surface area contributed by atoms with E-state index in [-0.39, 0.29) is 16.5 Å². The number of carbonyl (C=O) groups is 1. The van der Waals surface area contributed by atoms with Gasteiger partial charge in [-0.15, -0.1) is 0 Å². The molecule has 0 bridgehead atoms. The molecule has 0 saturated carbocycles. The van der Waals surface area contributed by atoms with Crippen molar-refractivity contribution in [1.82, 2.24) is 9.88 Å². The van der Waals surface area contributed by atoms with E-state index in [0.29, 0.717) is 12.1 Å². The van der Waals surface area contributed by atoms with Crippen molar-refractivity contribution in [1.29, 1.82) is 0 Å². The van der Waals surface area contributed by atoms with Crippen molar-refractivity contribution < 1.29 is 4.79 Å². The highest BCUT2D eigenvalue weighted by Gasteiger charge is 2.10. The first kappa shape index (κ1) is 13.4. The minimum atomic E-state index is -0.307. The Morgan fingerprint density at radius 1 is 1.32 bits per heavy atom. The lowest BCUT2D eigenvalue weighted by Gasteiger charge is -2.09. The van der Waals surface area contributed by atoms with E-state index in [4.69, 9.17) is 11.6 Å². The molecule has 1 heterocycles. The summed E-state index contributed by atoms with van der Waals surface area (Å²) in [7, 11) is 1.53. The monoisotopic (exact) mass is 276 g/mol. The van der Waals surface area contributed by atoms with E-state index >= 15 is 0 Å². The zero-order chi connectivity index (χ0) is 13.8. The second kappa shape index (κ2) is 5.71. The maximum absolute atomic E-state index is 11.9. The number of hydrogen-bond acceptors (Lipinski definition) is 2. The van der Waals surface area contributed by atoms with Gasteiger partial charge in [-0.05, 0) is 11.6 Å². The average molecular weight is 277 g/mol. The van der Waals surface area contributed by atoms with Gasteiger partial charge in [0.2, 0.25) is 0 Å². The van der Waals surface area contributed by atoms with Crippen molar-refractivity contribution in [3.63, 3.8) is 0 Å². The van der Waals surface area contributed by atoms with Crippen LogP contribution in [0.4, 0.5) is 0 Å². The number of aromatic nitrogens is 1. The molecule has 0 unspecified atom stereocenters. The Morgan fingerprint density at radius 2 is 2.00 bits per heavy atom. The first-order valence-corrected chi connectivity index (χ1v) is 6.15. The lowest BCUT2D eigenvalue weighted by atomic mass is 10.2. The molecule has 1 N–H and O–H groups in total. The number of nitrogens with one attached hydrogen (secondary N) is 1. The quantitative estimate of drug-likeness (QED) is 0.931. The van der Waals surface area contributed by atoms with Crippen LogP contribution >= 0.6 is 11.6 Å². The van der Waals surface area contributed by atoms with E-state index in [0.717, 1.165) is 5.56 Å². The summed E-state index contributed by atoms with van der Waals surface area (Å²) in [4.78, 5) is 23.5. The van der Waals surface area contributed by atoms with Crippen molar-refractivity contribution in [3.05, 3.63) is 69.1 Å². The fraction of sp³-hybridized carbons (Fsp3) is 0.143. The normalized spacial score (nSPS) is 10.2. The molecule has 0 atom stereocenters. The van der Waals surface area contributed by atoms with Gasteiger partial charge in [0.15, 0.2) is 0 Å². The van der Waals surface area contributed by atoms with Gasteiger partial charge < -0.3 is 9.88 Å². The number of halogens is 1. The fourth-order valence-corrected chi connectivity index (χ4v) is 1.99. The number of pyridine rings is 1. The zero-order valence-corrected chi connectivity index (χ0v) is 11.1. The van der Waals surface area contributed by atoms with Gasteiger partial charge in [0.25, 0.3) is 11.5 Å². The van der Waals surface area contributed by atoms with E-state index in [1.165, 1.54) is 23.9 Å². The van der Waals surface area contributed by atoms with Gasteiger partial charge in [-0.3, -0.25) is 9.59 Å². The molecule has 0 aliphatic rings. The van der Waals surface area contributed by atoms with Crippen LogP contribution in [0.25, 0.3) is 0 Å². The molecule has 98 valence electrons. The molecule has 2 rings (SSSR count). The van der Waals surface area contributed by atoms with Crippen molar-refractivity contribution >= 4 is 17.5 Å². The number of benzene rings is 1. The van der Waals surface area contributed by atoms with E-state index in [1.807, 2.05) is 30.3 Å². The van der Waals surface area contributed by atoms with E-state index in [1.54, 1.807) is 0 Å². The van der Waals surface area contributed by atoms with Crippen LogP contribution in [-0.2, 0) is 6.54 Å². The molecule has 2 aromatic rings. The number of hydrogen-bond donors (Lipinski definition) is 1. The second-order valence-electron chi connectivity index (χ2n) is 4.07. The second-order valence-corrected chi connectivity index (χ2v) is 4.48. The van der Waals surface area contributed by atoms with Gasteiger partial charge in [-0.2, -0.15) is 0 Å². The molecule has 0 spiro atoms. The van der Waals surface area contributed by atoms with Gasteiger partial charge in [-0.25, -0.2) is 0 Å². The van der Waals surface area contributed by atoms with Crippen molar-refractivity contribution in [3.8, 4) is 0 Å². The molecular weight excluding hydrogens is 264 g/mol. The minimum Gasteiger partial charge on any atom is -0.355 e. The molecule has 1 amide bonds. The molecule has 0 aliphatic carbocycles. The smallest absolute Gasteiger partial charge is 0.269 e. The summed E-state index contributed by atoms with van der Waals surface area (Å²) in [6.07, 6.45) is 1.51. The molecule has 0 fully saturated rings. The van der Waals surface area contributed by atoms with Gasteiger partial charge >= 0.3 is 0 Å². The molecular formula is C14H13ClN2O2. The Kier molecular flexibility index (Phi) is 4.02. The maximum Gasteiger partial charge on any atom is 0.269 e. The molecule has 1 aromatic heterocycles. The summed E-state index contributed by atoms with van der Waals surface area (Å²) in [6, 6.07) is 10.9. The SMILES string of the molecule is CNC(=O)c1cc(Cl)c(=O)n(Cc2ccccc2)c1. The molecule has 19 heavy (non-hydrogen) atoms. The Bertz CT molecular complexity index is 650. The van der Waals surface area contributed by atoms with Crippen molar-refractivity contribution in [2.45, 2.75) is 6.54 Å². The number of carbonyl (C=O) groups excluding carboxylic acids is 1. The summed E-state index contributed by atoms with van der Waals surface area (Å²) >= 11 is 5.87. The molecule has 0 saturated heterocycles. The van der Waals surface area contributed by atoms with Gasteiger partial charge in [-0.1, -0.05) is 41.9 Å². The summed E-state index contributed by atoms with van der Waals surface area (Å²) in [5.74, 6) is -0.274. The molecule has 0 aliphatic heterocycles. The predicted octanol–water partition coefficient (Wildman–Crippen LogP) is 1.91. The summed E-state index contributed by atoms with van der Waals surface area (Å²) in [5.41, 5.74) is 1.02. The van der Waals surface area contributed by atoms with E-state index in [9.17, 15) is 9.59 Å². The fourth-order valence-electron chi connectivity index (χ4n) is 1.77. The third-order valence-electron chi connectivity index (χ3n) is 2.73. The Morgan fingerprint density at radius 3 is 2.63 bits per heavy atom. The number of rotatable bonds is 3. The zero-order valence-electron chi connectivity index (χ0n) is 10.4. The molecule has 1 aromatic carbocycles. The van der Waals surface area contributed by atoms with Crippen LogP contribution < -0.4 is 10.9 Å². The van der Waals surface area contributed by atoms with Gasteiger partial charge in [0.05, 0.1) is 12.1 Å². The average Bonchev–Trinajstić information content (AvgIpc) is 2.44. The lowest BCUT2D eigenvalue weighted by molar-refractivity contribution is 0.0962. The third kappa shape index (κ3) is 3.03. The van der Waals surface area contributed by atoms with E-state index < -0.39 is 0 Å². The van der Waals surface area contributed by atoms with Crippen LogP contribution in [0.2, 0.25) is 5.02 Å². The van der Waals surface area contributed by atoms with E-state index in [2.05, 4.69) is 5.32 Å². The highest BCUT2D eigenvalue weighted by molar-refractivity contribution is 6.30. The summed E-state index contributed by atoms with van der Waals surface area (Å²) in [6.45, 7) is 0.379. The van der Waals surface area contributed by atoms with Crippen LogP contribution in [0, 0.1) is 0 Å². The Balaban J connectivity index is 2.42. The summed E-state index contributed by atoms with van der Waals surface area (Å²) in [5, 5.41) is 2.54. The standard InChI is InChI=1S/C14H13ClN2O2/c1-16-13(18)11-7-12(15)14(19)17(9-11)8-10-5-3-2-4-6-10/h2-7,9H,8H2,1H3,(H,16,18). The highest BCUT2D eigenvalue weighted by atomic mass is 35.5. The van der Waals surface area contributed by atoms with Gasteiger partial charge in [0, 0.05) is 13.2 Å². The number of amides is 1. The highest BCUT2D eigenvalue weighted by Crippen LogP contribution is 2.08. The third-order valence-corrected chi connectivity index (χ3v) is 3.00. The van der Waals surface area contributed by atoms with Gasteiger partial charge in [0.1, 0.15) is 5.02 Å². The molecule has 4 nitrogen and oxygen atoms in total. The predicted molar refractivity (Wildman–Crippen MR) is 74.6 cm³/mol. The lowest BCUT2D eigenvalue weighted by Crippen LogP contribution is -2.25. The van der Waals surface area contributed by atoms with Crippen LogP contribution in [0.15, 0.2) is 47.4 Å².